The van der Waals surface area contributed by atoms with Gasteiger partial charge in [0.2, 0.25) is 0 Å². The summed E-state index contributed by atoms with van der Waals surface area (Å²) in [5.41, 5.74) is 0.951. The molecule has 0 unspecified atom stereocenters. The first-order valence-electron chi connectivity index (χ1n) is 5.74. The molecule has 1 heterocycles. The molecule has 5 heteroatoms. The molecule has 1 rings (SSSR count). The minimum absolute atomic E-state index is 0.0387. The summed E-state index contributed by atoms with van der Waals surface area (Å²) in [5, 5.41) is 5.72. The normalized spacial score (nSPS) is 10.6. The molecule has 98 valence electrons. The highest BCUT2D eigenvalue weighted by atomic mass is 32.1. The van der Waals surface area contributed by atoms with E-state index < -0.39 is 0 Å². The third kappa shape index (κ3) is 5.14. The zero-order chi connectivity index (χ0) is 13.4. The van der Waals surface area contributed by atoms with Crippen molar-refractivity contribution in [3.05, 3.63) is 34.5 Å². The molecule has 0 fully saturated rings. The van der Waals surface area contributed by atoms with Gasteiger partial charge in [0.25, 0.3) is 5.91 Å². The highest BCUT2D eigenvalue weighted by Gasteiger charge is 2.11. The Hall–Kier alpha value is -1.62. The van der Waals surface area contributed by atoms with Gasteiger partial charge in [-0.25, -0.2) is 0 Å². The second kappa shape index (κ2) is 7.66. The highest BCUT2D eigenvalue weighted by molar-refractivity contribution is 7.11. The van der Waals surface area contributed by atoms with E-state index >= 15 is 0 Å². The van der Waals surface area contributed by atoms with E-state index in [1.54, 1.807) is 22.5 Å². The van der Waals surface area contributed by atoms with Crippen LogP contribution in [-0.4, -0.2) is 36.7 Å². The van der Waals surface area contributed by atoms with Crippen molar-refractivity contribution in [1.29, 1.82) is 0 Å². The second-order valence-corrected chi connectivity index (χ2v) is 4.87. The number of carbonyl (C=O) groups is 1. The molecule has 1 aromatic heterocycles. The lowest BCUT2D eigenvalue weighted by molar-refractivity contribution is -0.135. The minimum Gasteiger partial charge on any atom is -0.386 e. The van der Waals surface area contributed by atoms with Crippen LogP contribution >= 0.6 is 11.3 Å². The molecule has 0 spiro atoms. The molecule has 0 saturated carbocycles. The number of likely N-dealkylation sites (N-methyl/N-ethyl adjacent to an activating group) is 1. The maximum atomic E-state index is 11.8. The van der Waals surface area contributed by atoms with E-state index in [4.69, 9.17) is 4.84 Å². The van der Waals surface area contributed by atoms with E-state index in [9.17, 15) is 4.79 Å². The second-order valence-electron chi connectivity index (χ2n) is 3.89. The van der Waals surface area contributed by atoms with Crippen molar-refractivity contribution in [3.63, 3.8) is 0 Å². The Bertz CT molecular complexity index is 413. The summed E-state index contributed by atoms with van der Waals surface area (Å²) >= 11 is 1.56. The van der Waals surface area contributed by atoms with Crippen molar-refractivity contribution < 1.29 is 9.63 Å². The van der Waals surface area contributed by atoms with E-state index in [2.05, 4.69) is 11.7 Å². The largest absolute Gasteiger partial charge is 0.386 e. The summed E-state index contributed by atoms with van der Waals surface area (Å²) in [5.74, 6) is -0.0798. The average molecular weight is 266 g/mol. The lowest BCUT2D eigenvalue weighted by Gasteiger charge is -2.19. The SMILES string of the molecule is C=C(C)CN(CC)C(=O)CO/N=C/c1cccs1. The smallest absolute Gasteiger partial charge is 0.263 e. The Kier molecular flexibility index (Phi) is 6.14. The standard InChI is InChI=1S/C13H18N2O2S/c1-4-15(9-11(2)3)13(16)10-17-14-8-12-6-5-7-18-12/h5-8H,2,4,9-10H2,1,3H3/b14-8+. The van der Waals surface area contributed by atoms with Gasteiger partial charge in [-0.05, 0) is 25.3 Å². The Morgan fingerprint density at radius 1 is 1.67 bits per heavy atom. The van der Waals surface area contributed by atoms with Gasteiger partial charge in [-0.3, -0.25) is 4.79 Å². The Labute approximate surface area is 112 Å². The summed E-state index contributed by atoms with van der Waals surface area (Å²) in [6.07, 6.45) is 1.60. The third-order valence-corrected chi connectivity index (χ3v) is 2.99. The topological polar surface area (TPSA) is 41.9 Å². The van der Waals surface area contributed by atoms with Crippen molar-refractivity contribution in [1.82, 2.24) is 4.90 Å². The number of hydrogen-bond acceptors (Lipinski definition) is 4. The maximum absolute atomic E-state index is 11.8. The summed E-state index contributed by atoms with van der Waals surface area (Å²) in [7, 11) is 0. The van der Waals surface area contributed by atoms with Gasteiger partial charge in [0.05, 0.1) is 6.21 Å². The van der Waals surface area contributed by atoms with Crippen LogP contribution in [0.2, 0.25) is 0 Å². The third-order valence-electron chi connectivity index (χ3n) is 2.18. The zero-order valence-electron chi connectivity index (χ0n) is 10.8. The molecule has 0 saturated heterocycles. The first-order valence-corrected chi connectivity index (χ1v) is 6.62. The molecule has 0 aromatic carbocycles. The fourth-order valence-corrected chi connectivity index (χ4v) is 1.92. The van der Waals surface area contributed by atoms with Crippen LogP contribution in [0.4, 0.5) is 0 Å². The predicted molar refractivity (Wildman–Crippen MR) is 74.9 cm³/mol. The molecular weight excluding hydrogens is 248 g/mol. The Balaban J connectivity index is 2.33. The number of nitrogens with zero attached hydrogens (tertiary/aromatic N) is 2. The number of rotatable bonds is 7. The lowest BCUT2D eigenvalue weighted by Crippen LogP contribution is -2.34. The fraction of sp³-hybridized carbons (Fsp3) is 0.385. The number of carbonyl (C=O) groups excluding carboxylic acids is 1. The number of oxime groups is 1. The van der Waals surface area contributed by atoms with Gasteiger partial charge in [0, 0.05) is 18.0 Å². The monoisotopic (exact) mass is 266 g/mol. The lowest BCUT2D eigenvalue weighted by atomic mass is 10.3. The van der Waals surface area contributed by atoms with Crippen LogP contribution in [-0.2, 0) is 9.63 Å². The minimum atomic E-state index is -0.0798. The van der Waals surface area contributed by atoms with E-state index in [-0.39, 0.29) is 12.5 Å². The van der Waals surface area contributed by atoms with E-state index in [0.29, 0.717) is 13.1 Å². The van der Waals surface area contributed by atoms with Crippen molar-refractivity contribution in [2.75, 3.05) is 19.7 Å². The van der Waals surface area contributed by atoms with Gasteiger partial charge >= 0.3 is 0 Å². The van der Waals surface area contributed by atoms with E-state index in [0.717, 1.165) is 10.5 Å². The highest BCUT2D eigenvalue weighted by Crippen LogP contribution is 2.04. The maximum Gasteiger partial charge on any atom is 0.263 e. The van der Waals surface area contributed by atoms with Crippen molar-refractivity contribution >= 4 is 23.5 Å². The first kappa shape index (κ1) is 14.4. The van der Waals surface area contributed by atoms with Crippen molar-refractivity contribution in [2.24, 2.45) is 5.16 Å². The average Bonchev–Trinajstić information content (AvgIpc) is 2.84. The molecule has 1 aromatic rings. The summed E-state index contributed by atoms with van der Waals surface area (Å²) in [6, 6.07) is 3.86. The van der Waals surface area contributed by atoms with Crippen LogP contribution in [0.15, 0.2) is 34.8 Å². The van der Waals surface area contributed by atoms with E-state index in [1.807, 2.05) is 31.4 Å². The molecule has 0 N–H and O–H groups in total. The summed E-state index contributed by atoms with van der Waals surface area (Å²) in [6.45, 7) is 8.78. The van der Waals surface area contributed by atoms with Gasteiger partial charge in [-0.1, -0.05) is 23.4 Å². The predicted octanol–water partition coefficient (Wildman–Crippen LogP) is 2.52. The first-order chi connectivity index (χ1) is 8.63. The van der Waals surface area contributed by atoms with Crippen LogP contribution in [0.3, 0.4) is 0 Å². The molecule has 0 atom stereocenters. The van der Waals surface area contributed by atoms with Gasteiger partial charge in [-0.15, -0.1) is 11.3 Å². The van der Waals surface area contributed by atoms with Crippen LogP contribution in [0.25, 0.3) is 0 Å². The van der Waals surface area contributed by atoms with Gasteiger partial charge < -0.3 is 9.74 Å². The van der Waals surface area contributed by atoms with E-state index in [1.165, 1.54) is 0 Å². The molecule has 18 heavy (non-hydrogen) atoms. The zero-order valence-corrected chi connectivity index (χ0v) is 11.6. The quantitative estimate of drug-likeness (QED) is 0.432. The van der Waals surface area contributed by atoms with Crippen molar-refractivity contribution in [3.8, 4) is 0 Å². The van der Waals surface area contributed by atoms with Crippen molar-refractivity contribution in [2.45, 2.75) is 13.8 Å². The van der Waals surface area contributed by atoms with Gasteiger partial charge in [0.1, 0.15) is 0 Å². The number of hydrogen-bond donors (Lipinski definition) is 0. The van der Waals surface area contributed by atoms with Crippen LogP contribution in [0.5, 0.6) is 0 Å². The molecule has 0 radical (unpaired) electrons. The number of amides is 1. The van der Waals surface area contributed by atoms with Crippen LogP contribution in [0, 0.1) is 0 Å². The molecule has 0 aliphatic heterocycles. The Morgan fingerprint density at radius 3 is 3.00 bits per heavy atom. The molecule has 0 aliphatic rings. The Morgan fingerprint density at radius 2 is 2.44 bits per heavy atom. The molecule has 0 aliphatic carbocycles. The molecule has 0 bridgehead atoms. The molecular formula is C13H18N2O2S. The van der Waals surface area contributed by atoms with Gasteiger partial charge in [-0.2, -0.15) is 0 Å². The molecule has 4 nitrogen and oxygen atoms in total. The van der Waals surface area contributed by atoms with Crippen LogP contribution in [0.1, 0.15) is 18.7 Å². The van der Waals surface area contributed by atoms with Crippen LogP contribution < -0.4 is 0 Å². The number of thiophene rings is 1. The summed E-state index contributed by atoms with van der Waals surface area (Å²) in [4.78, 5) is 19.4. The summed E-state index contributed by atoms with van der Waals surface area (Å²) < 4.78 is 0. The molecule has 1 amide bonds. The fourth-order valence-electron chi connectivity index (χ4n) is 1.34. The van der Waals surface area contributed by atoms with Gasteiger partial charge in [0.15, 0.2) is 6.61 Å².